The molecule has 0 saturated heterocycles. The number of pyridine rings is 1. The molecule has 18 heavy (non-hydrogen) atoms. The summed E-state index contributed by atoms with van der Waals surface area (Å²) in [5.74, 6) is -0.364. The van der Waals surface area contributed by atoms with Gasteiger partial charge in [0, 0.05) is 12.7 Å². The van der Waals surface area contributed by atoms with Crippen molar-refractivity contribution in [1.82, 2.24) is 14.8 Å². The van der Waals surface area contributed by atoms with Gasteiger partial charge < -0.3 is 9.84 Å². The Morgan fingerprint density at radius 2 is 2.39 bits per heavy atom. The molecule has 0 spiro atoms. The van der Waals surface area contributed by atoms with Gasteiger partial charge in [-0.3, -0.25) is 9.67 Å². The lowest BCUT2D eigenvalue weighted by Crippen LogP contribution is -2.08. The first-order valence-electron chi connectivity index (χ1n) is 5.53. The standard InChI is InChI=1S/C12H13N3O3/c1-2-15-11(12(16)17)6-9(14-15)8-18-10-4-3-5-13-7-10/h3-7H,2,8H2,1H3,(H,16,17). The molecule has 6 heteroatoms. The highest BCUT2D eigenvalue weighted by Gasteiger charge is 2.13. The number of aromatic nitrogens is 3. The average Bonchev–Trinajstić information content (AvgIpc) is 2.81. The fourth-order valence-corrected chi connectivity index (χ4v) is 1.54. The Morgan fingerprint density at radius 1 is 1.56 bits per heavy atom. The van der Waals surface area contributed by atoms with E-state index >= 15 is 0 Å². The number of aryl methyl sites for hydroxylation is 1. The molecule has 0 saturated carbocycles. The summed E-state index contributed by atoms with van der Waals surface area (Å²) < 4.78 is 6.89. The maximum atomic E-state index is 11.0. The predicted octanol–water partition coefficient (Wildman–Crippen LogP) is 1.58. The van der Waals surface area contributed by atoms with Crippen LogP contribution in [0.15, 0.2) is 30.6 Å². The summed E-state index contributed by atoms with van der Waals surface area (Å²) in [6.45, 7) is 2.57. The lowest BCUT2D eigenvalue weighted by Gasteiger charge is -2.02. The van der Waals surface area contributed by atoms with Gasteiger partial charge in [0.05, 0.1) is 6.20 Å². The van der Waals surface area contributed by atoms with Crippen molar-refractivity contribution in [2.75, 3.05) is 0 Å². The van der Waals surface area contributed by atoms with Crippen molar-refractivity contribution < 1.29 is 14.6 Å². The molecule has 0 radical (unpaired) electrons. The Labute approximate surface area is 104 Å². The van der Waals surface area contributed by atoms with E-state index < -0.39 is 5.97 Å². The van der Waals surface area contributed by atoms with Crippen molar-refractivity contribution in [3.05, 3.63) is 42.0 Å². The van der Waals surface area contributed by atoms with Crippen LogP contribution in [0.25, 0.3) is 0 Å². The molecule has 0 amide bonds. The van der Waals surface area contributed by atoms with Gasteiger partial charge in [-0.1, -0.05) is 0 Å². The van der Waals surface area contributed by atoms with E-state index in [2.05, 4.69) is 10.1 Å². The topological polar surface area (TPSA) is 77.2 Å². The zero-order valence-corrected chi connectivity index (χ0v) is 9.91. The van der Waals surface area contributed by atoms with E-state index in [1.165, 1.54) is 10.7 Å². The Hall–Kier alpha value is -2.37. The van der Waals surface area contributed by atoms with Crippen molar-refractivity contribution in [3.8, 4) is 5.75 Å². The van der Waals surface area contributed by atoms with Crippen molar-refractivity contribution in [3.63, 3.8) is 0 Å². The Bertz CT molecular complexity index is 537. The maximum Gasteiger partial charge on any atom is 0.354 e. The molecule has 0 aliphatic heterocycles. The first-order chi connectivity index (χ1) is 8.70. The molecule has 0 fully saturated rings. The monoisotopic (exact) mass is 247 g/mol. The van der Waals surface area contributed by atoms with E-state index in [0.29, 0.717) is 18.0 Å². The van der Waals surface area contributed by atoms with E-state index in [4.69, 9.17) is 9.84 Å². The van der Waals surface area contributed by atoms with Crippen LogP contribution >= 0.6 is 0 Å². The second-order valence-electron chi connectivity index (χ2n) is 3.62. The van der Waals surface area contributed by atoms with Crippen LogP contribution in [0.5, 0.6) is 5.75 Å². The van der Waals surface area contributed by atoms with Crippen molar-refractivity contribution in [2.24, 2.45) is 0 Å². The Morgan fingerprint density at radius 3 is 2.94 bits per heavy atom. The number of hydrogen-bond donors (Lipinski definition) is 1. The normalized spacial score (nSPS) is 10.3. The molecule has 0 bridgehead atoms. The molecule has 0 unspecified atom stereocenters. The molecule has 6 nitrogen and oxygen atoms in total. The second kappa shape index (κ2) is 5.31. The van der Waals surface area contributed by atoms with E-state index in [0.717, 1.165) is 0 Å². The van der Waals surface area contributed by atoms with E-state index in [9.17, 15) is 4.79 Å². The molecular formula is C12H13N3O3. The number of carboxylic acid groups (broad SMARTS) is 1. The largest absolute Gasteiger partial charge is 0.486 e. The fraction of sp³-hybridized carbons (Fsp3) is 0.250. The summed E-state index contributed by atoms with van der Waals surface area (Å²) in [4.78, 5) is 14.9. The first kappa shape index (κ1) is 12.1. The minimum absolute atomic E-state index is 0.169. The lowest BCUT2D eigenvalue weighted by atomic mass is 10.3. The van der Waals surface area contributed by atoms with E-state index in [1.54, 1.807) is 24.5 Å². The molecule has 2 heterocycles. The number of ether oxygens (including phenoxy) is 1. The summed E-state index contributed by atoms with van der Waals surface area (Å²) in [5, 5.41) is 13.1. The zero-order chi connectivity index (χ0) is 13.0. The number of hydrogen-bond acceptors (Lipinski definition) is 4. The van der Waals surface area contributed by atoms with Crippen LogP contribution in [0, 0.1) is 0 Å². The smallest absolute Gasteiger partial charge is 0.354 e. The molecular weight excluding hydrogens is 234 g/mol. The summed E-state index contributed by atoms with van der Waals surface area (Å²) in [7, 11) is 0. The van der Waals surface area contributed by atoms with Crippen LogP contribution in [0.4, 0.5) is 0 Å². The highest BCUT2D eigenvalue weighted by atomic mass is 16.5. The van der Waals surface area contributed by atoms with Crippen molar-refractivity contribution >= 4 is 5.97 Å². The number of carbonyl (C=O) groups is 1. The van der Waals surface area contributed by atoms with E-state index in [1.807, 2.05) is 6.92 Å². The number of carboxylic acids is 1. The third-order valence-electron chi connectivity index (χ3n) is 2.37. The number of nitrogens with zero attached hydrogens (tertiary/aromatic N) is 3. The van der Waals surface area contributed by atoms with Gasteiger partial charge in [-0.05, 0) is 25.1 Å². The molecule has 0 atom stereocenters. The van der Waals surface area contributed by atoms with Crippen LogP contribution in [0.1, 0.15) is 23.1 Å². The summed E-state index contributed by atoms with van der Waals surface area (Å²) in [6.07, 6.45) is 3.25. The van der Waals surface area contributed by atoms with Gasteiger partial charge in [-0.15, -0.1) is 0 Å². The SMILES string of the molecule is CCn1nc(COc2cccnc2)cc1C(=O)O. The third kappa shape index (κ3) is 2.65. The summed E-state index contributed by atoms with van der Waals surface area (Å²) in [6, 6.07) is 5.06. The molecule has 1 N–H and O–H groups in total. The van der Waals surface area contributed by atoms with Crippen LogP contribution in [-0.2, 0) is 13.2 Å². The van der Waals surface area contributed by atoms with Crippen LogP contribution in [0.2, 0.25) is 0 Å². The quantitative estimate of drug-likeness (QED) is 0.867. The average molecular weight is 247 g/mol. The van der Waals surface area contributed by atoms with Gasteiger partial charge in [0.25, 0.3) is 0 Å². The van der Waals surface area contributed by atoms with Gasteiger partial charge in [0.15, 0.2) is 0 Å². The summed E-state index contributed by atoms with van der Waals surface area (Å²) >= 11 is 0. The van der Waals surface area contributed by atoms with Gasteiger partial charge in [-0.2, -0.15) is 5.10 Å². The zero-order valence-electron chi connectivity index (χ0n) is 9.91. The second-order valence-corrected chi connectivity index (χ2v) is 3.62. The van der Waals surface area contributed by atoms with Gasteiger partial charge >= 0.3 is 5.97 Å². The molecule has 2 aromatic rings. The third-order valence-corrected chi connectivity index (χ3v) is 2.37. The minimum Gasteiger partial charge on any atom is -0.486 e. The Kier molecular flexibility index (Phi) is 3.57. The summed E-state index contributed by atoms with van der Waals surface area (Å²) in [5.41, 5.74) is 0.750. The van der Waals surface area contributed by atoms with Crippen molar-refractivity contribution in [2.45, 2.75) is 20.1 Å². The van der Waals surface area contributed by atoms with Crippen LogP contribution in [0.3, 0.4) is 0 Å². The molecule has 2 aromatic heterocycles. The first-order valence-corrected chi connectivity index (χ1v) is 5.53. The van der Waals surface area contributed by atoms with Crippen molar-refractivity contribution in [1.29, 1.82) is 0 Å². The minimum atomic E-state index is -0.989. The van der Waals surface area contributed by atoms with Gasteiger partial charge in [0.1, 0.15) is 23.7 Å². The molecule has 94 valence electrons. The Balaban J connectivity index is 2.08. The van der Waals surface area contributed by atoms with Crippen LogP contribution < -0.4 is 4.74 Å². The van der Waals surface area contributed by atoms with E-state index in [-0.39, 0.29) is 12.3 Å². The predicted molar refractivity (Wildman–Crippen MR) is 63.4 cm³/mol. The molecule has 0 aliphatic rings. The highest BCUT2D eigenvalue weighted by Crippen LogP contribution is 2.11. The van der Waals surface area contributed by atoms with Gasteiger partial charge in [-0.25, -0.2) is 4.79 Å². The molecule has 0 aliphatic carbocycles. The number of rotatable bonds is 5. The van der Waals surface area contributed by atoms with Crippen LogP contribution in [-0.4, -0.2) is 25.8 Å². The lowest BCUT2D eigenvalue weighted by molar-refractivity contribution is 0.0683. The highest BCUT2D eigenvalue weighted by molar-refractivity contribution is 5.85. The van der Waals surface area contributed by atoms with Gasteiger partial charge in [0.2, 0.25) is 0 Å². The maximum absolute atomic E-state index is 11.0. The molecule has 2 rings (SSSR count). The molecule has 0 aromatic carbocycles. The fourth-order valence-electron chi connectivity index (χ4n) is 1.54. The number of aromatic carboxylic acids is 1.